The lowest BCUT2D eigenvalue weighted by molar-refractivity contribution is -0.117. The second-order valence-electron chi connectivity index (χ2n) is 9.81. The van der Waals surface area contributed by atoms with Crippen molar-refractivity contribution >= 4 is 17.2 Å². The summed E-state index contributed by atoms with van der Waals surface area (Å²) in [5, 5.41) is 11.9. The van der Waals surface area contributed by atoms with Crippen molar-refractivity contribution in [3.63, 3.8) is 0 Å². The molecule has 1 N–H and O–H groups in total. The van der Waals surface area contributed by atoms with Crippen molar-refractivity contribution in [2.75, 3.05) is 25.5 Å². The number of hydrogen-bond donors (Lipinski definition) is 1. The lowest BCUT2D eigenvalue weighted by Crippen LogP contribution is -2.30. The van der Waals surface area contributed by atoms with E-state index >= 15 is 0 Å². The molecule has 1 aliphatic carbocycles. The second kappa shape index (κ2) is 8.85. The molecule has 1 saturated heterocycles. The highest BCUT2D eigenvalue weighted by Crippen LogP contribution is 2.34. The zero-order valence-corrected chi connectivity index (χ0v) is 20.1. The molecule has 1 amide bonds. The zero-order chi connectivity index (χ0) is 23.9. The Balaban J connectivity index is 1.18. The van der Waals surface area contributed by atoms with Crippen molar-refractivity contribution in [1.29, 1.82) is 0 Å². The van der Waals surface area contributed by atoms with Crippen molar-refractivity contribution in [2.45, 2.75) is 31.2 Å². The quantitative estimate of drug-likeness (QED) is 0.443. The number of likely N-dealkylation sites (N-methyl/N-ethyl adjacent to an activating group) is 1. The summed E-state index contributed by atoms with van der Waals surface area (Å²) in [7, 11) is 4.10. The van der Waals surface area contributed by atoms with Gasteiger partial charge in [-0.3, -0.25) is 14.4 Å². The minimum atomic E-state index is 0.0577. The molecule has 1 aliphatic heterocycles. The van der Waals surface area contributed by atoms with Gasteiger partial charge in [-0.15, -0.1) is 0 Å². The van der Waals surface area contributed by atoms with Crippen LogP contribution in [-0.4, -0.2) is 56.4 Å². The lowest BCUT2D eigenvalue weighted by atomic mass is 9.97. The Hall–Kier alpha value is -3.65. The van der Waals surface area contributed by atoms with E-state index < -0.39 is 0 Å². The van der Waals surface area contributed by atoms with Crippen molar-refractivity contribution in [2.24, 2.45) is 13.0 Å². The van der Waals surface area contributed by atoms with Crippen LogP contribution in [0.15, 0.2) is 60.9 Å². The highest BCUT2D eigenvalue weighted by Gasteiger charge is 2.31. The fourth-order valence-corrected chi connectivity index (χ4v) is 5.06. The smallest absolute Gasteiger partial charge is 0.228 e. The highest BCUT2D eigenvalue weighted by atomic mass is 16.5. The number of pyridine rings is 1. The third-order valence-electron chi connectivity index (χ3n) is 7.23. The van der Waals surface area contributed by atoms with Crippen LogP contribution in [0.4, 0.5) is 5.82 Å². The molecule has 0 radical (unpaired) electrons. The maximum absolute atomic E-state index is 12.1. The summed E-state index contributed by atoms with van der Waals surface area (Å²) in [4.78, 5) is 14.5. The van der Waals surface area contributed by atoms with Crippen molar-refractivity contribution in [3.05, 3.63) is 66.5 Å². The number of amides is 1. The molecule has 4 heterocycles. The number of rotatable bonds is 7. The molecule has 8 nitrogen and oxygen atoms in total. The van der Waals surface area contributed by atoms with Gasteiger partial charge in [0.25, 0.3) is 0 Å². The van der Waals surface area contributed by atoms with Gasteiger partial charge in [0, 0.05) is 43.4 Å². The highest BCUT2D eigenvalue weighted by molar-refractivity contribution is 5.93. The van der Waals surface area contributed by atoms with Gasteiger partial charge in [0.15, 0.2) is 11.6 Å². The average Bonchev–Trinajstić information content (AvgIpc) is 3.40. The molecule has 0 bridgehead atoms. The molecule has 6 rings (SSSR count). The van der Waals surface area contributed by atoms with Crippen LogP contribution in [0.2, 0.25) is 0 Å². The molecule has 3 aromatic heterocycles. The number of nitrogens with zero attached hydrogens (tertiary/aromatic N) is 5. The van der Waals surface area contributed by atoms with Crippen LogP contribution in [0, 0.1) is 5.92 Å². The number of anilines is 1. The van der Waals surface area contributed by atoms with Crippen LogP contribution in [0.5, 0.6) is 5.75 Å². The Bertz CT molecular complexity index is 1360. The second-order valence-corrected chi connectivity index (χ2v) is 9.81. The van der Waals surface area contributed by atoms with Crippen molar-refractivity contribution in [3.8, 4) is 17.0 Å². The van der Waals surface area contributed by atoms with Crippen molar-refractivity contribution in [1.82, 2.24) is 24.3 Å². The normalized spacial score (nSPS) is 20.4. The molecule has 2 aliphatic rings. The Morgan fingerprint density at radius 2 is 1.97 bits per heavy atom. The van der Waals surface area contributed by atoms with E-state index in [9.17, 15) is 4.79 Å². The standard InChI is InChI=1S/C27H30N6O2/c1-31-16-21(18-6-4-3-5-7-18)13-23(31)17-35-24-15-28-32(2)26(24)20-10-11-33-22(12-20)14-25(30-33)29-27(34)19-8-9-19/h3-7,10-12,14-15,19,21,23H,8-9,13,16-17H2,1-2H3,(H,29,30,34)/t21-,23+/m0/s1. The lowest BCUT2D eigenvalue weighted by Gasteiger charge is -2.19. The Labute approximate surface area is 204 Å². The summed E-state index contributed by atoms with van der Waals surface area (Å²) in [6.45, 7) is 1.65. The van der Waals surface area contributed by atoms with Gasteiger partial charge < -0.3 is 10.1 Å². The van der Waals surface area contributed by atoms with Gasteiger partial charge in [-0.1, -0.05) is 30.3 Å². The number of benzene rings is 1. The fraction of sp³-hybridized carbons (Fsp3) is 0.370. The number of ether oxygens (including phenoxy) is 1. The van der Waals surface area contributed by atoms with Crippen LogP contribution in [0.3, 0.4) is 0 Å². The van der Waals surface area contributed by atoms with E-state index in [4.69, 9.17) is 4.74 Å². The van der Waals surface area contributed by atoms with Crippen LogP contribution >= 0.6 is 0 Å². The molecule has 1 aromatic carbocycles. The van der Waals surface area contributed by atoms with E-state index in [1.165, 1.54) is 5.56 Å². The Kier molecular flexibility index (Phi) is 5.53. The van der Waals surface area contributed by atoms with E-state index in [-0.39, 0.29) is 11.8 Å². The Morgan fingerprint density at radius 1 is 1.14 bits per heavy atom. The number of aromatic nitrogens is 4. The molecule has 0 spiro atoms. The number of fused-ring (bicyclic) bond motifs is 1. The molecule has 1 saturated carbocycles. The fourth-order valence-electron chi connectivity index (χ4n) is 5.06. The van der Waals surface area contributed by atoms with Gasteiger partial charge >= 0.3 is 0 Å². The first-order chi connectivity index (χ1) is 17.0. The molecule has 0 unspecified atom stereocenters. The van der Waals surface area contributed by atoms with Gasteiger partial charge in [0.1, 0.15) is 12.3 Å². The number of nitrogens with one attached hydrogen (secondary N) is 1. The first-order valence-electron chi connectivity index (χ1n) is 12.3. The third kappa shape index (κ3) is 4.41. The van der Waals surface area contributed by atoms with Crippen LogP contribution in [0.25, 0.3) is 16.8 Å². The molecule has 180 valence electrons. The first-order valence-corrected chi connectivity index (χ1v) is 12.3. The largest absolute Gasteiger partial charge is 0.488 e. The number of aryl methyl sites for hydroxylation is 1. The molecular formula is C27H30N6O2. The minimum Gasteiger partial charge on any atom is -0.488 e. The summed E-state index contributed by atoms with van der Waals surface area (Å²) in [6, 6.07) is 17.0. The van der Waals surface area contributed by atoms with E-state index in [1.54, 1.807) is 10.7 Å². The molecule has 35 heavy (non-hydrogen) atoms. The van der Waals surface area contributed by atoms with Crippen LogP contribution < -0.4 is 10.1 Å². The summed E-state index contributed by atoms with van der Waals surface area (Å²) < 4.78 is 9.97. The molecule has 4 aromatic rings. The van der Waals surface area contributed by atoms with Crippen molar-refractivity contribution < 1.29 is 9.53 Å². The summed E-state index contributed by atoms with van der Waals surface area (Å²) in [6.07, 6.45) is 6.71. The molecule has 2 fully saturated rings. The summed E-state index contributed by atoms with van der Waals surface area (Å²) >= 11 is 0. The summed E-state index contributed by atoms with van der Waals surface area (Å²) in [5.74, 6) is 2.09. The molecule has 8 heteroatoms. The average molecular weight is 471 g/mol. The summed E-state index contributed by atoms with van der Waals surface area (Å²) in [5.41, 5.74) is 4.22. The van der Waals surface area contributed by atoms with Gasteiger partial charge in [0.05, 0.1) is 11.7 Å². The van der Waals surface area contributed by atoms with Gasteiger partial charge in [-0.05, 0) is 49.9 Å². The number of likely N-dealkylation sites (tertiary alicyclic amines) is 1. The minimum absolute atomic E-state index is 0.0577. The van der Waals surface area contributed by atoms with Crippen LogP contribution in [-0.2, 0) is 11.8 Å². The Morgan fingerprint density at radius 3 is 2.77 bits per heavy atom. The molecule has 2 atom stereocenters. The van der Waals surface area contributed by atoms with Gasteiger partial charge in [0.2, 0.25) is 5.91 Å². The van der Waals surface area contributed by atoms with E-state index in [2.05, 4.69) is 63.9 Å². The maximum Gasteiger partial charge on any atom is 0.228 e. The predicted molar refractivity (Wildman–Crippen MR) is 134 cm³/mol. The van der Waals surface area contributed by atoms with E-state index in [0.717, 1.165) is 48.3 Å². The SMILES string of the molecule is CN1C[C@@H](c2ccccc2)C[C@@H]1COc1cnn(C)c1-c1ccn2nc(NC(=O)C3CC3)cc2c1. The monoisotopic (exact) mass is 470 g/mol. The predicted octanol–water partition coefficient (Wildman–Crippen LogP) is 3.95. The van der Waals surface area contributed by atoms with Crippen LogP contribution in [0.1, 0.15) is 30.7 Å². The topological polar surface area (TPSA) is 76.7 Å². The third-order valence-corrected chi connectivity index (χ3v) is 7.23. The number of hydrogen-bond acceptors (Lipinski definition) is 5. The van der Waals surface area contributed by atoms with Gasteiger partial charge in [-0.25, -0.2) is 4.52 Å². The number of carbonyl (C=O) groups excluding carboxylic acids is 1. The van der Waals surface area contributed by atoms with Gasteiger partial charge in [-0.2, -0.15) is 10.2 Å². The zero-order valence-electron chi connectivity index (χ0n) is 20.1. The maximum atomic E-state index is 12.1. The van der Waals surface area contributed by atoms with E-state index in [1.807, 2.05) is 30.1 Å². The molecular weight excluding hydrogens is 440 g/mol. The number of carbonyl (C=O) groups is 1. The first kappa shape index (κ1) is 21.9. The van der Waals surface area contributed by atoms with E-state index in [0.29, 0.717) is 24.4 Å².